The number of amides is 2. The summed E-state index contributed by atoms with van der Waals surface area (Å²) in [5, 5.41) is 3.19. The van der Waals surface area contributed by atoms with E-state index < -0.39 is 28.5 Å². The van der Waals surface area contributed by atoms with Crippen LogP contribution in [0.3, 0.4) is 0 Å². The van der Waals surface area contributed by atoms with Gasteiger partial charge in [-0.25, -0.2) is 8.42 Å². The molecule has 0 spiro atoms. The van der Waals surface area contributed by atoms with Gasteiger partial charge in [-0.2, -0.15) is 0 Å². The lowest BCUT2D eigenvalue weighted by molar-refractivity contribution is -0.139. The fourth-order valence-electron chi connectivity index (χ4n) is 3.07. The van der Waals surface area contributed by atoms with Crippen LogP contribution in [0.15, 0.2) is 53.0 Å². The third kappa shape index (κ3) is 8.32. The highest BCUT2D eigenvalue weighted by Crippen LogP contribution is 2.23. The maximum absolute atomic E-state index is 13.4. The maximum atomic E-state index is 13.4. The molecule has 2 aromatic rings. The maximum Gasteiger partial charge on any atom is 0.244 e. The summed E-state index contributed by atoms with van der Waals surface area (Å²) in [6, 6.07) is 12.8. The lowest BCUT2D eigenvalue weighted by Crippen LogP contribution is -2.51. The standard InChI is InChI=1S/C23H29BrClN3O4S/c1-16(2)13-26-23(30)17(3)27(14-18-8-10-19(24)11-9-18)22(29)15-28(33(4,31)32)21-7-5-6-20(25)12-21/h5-12,16-17H,13-15H2,1-4H3,(H,26,30)/t17-/m1/s1. The van der Waals surface area contributed by atoms with Crippen molar-refractivity contribution < 1.29 is 18.0 Å². The molecular weight excluding hydrogens is 530 g/mol. The van der Waals surface area contributed by atoms with Crippen molar-refractivity contribution in [2.45, 2.75) is 33.4 Å². The first kappa shape index (κ1) is 27.1. The first-order valence-corrected chi connectivity index (χ1v) is 13.4. The largest absolute Gasteiger partial charge is 0.354 e. The number of hydrogen-bond donors (Lipinski definition) is 1. The van der Waals surface area contributed by atoms with Crippen molar-refractivity contribution in [1.82, 2.24) is 10.2 Å². The highest BCUT2D eigenvalue weighted by molar-refractivity contribution is 9.10. The summed E-state index contributed by atoms with van der Waals surface area (Å²) >= 11 is 9.42. The Morgan fingerprint density at radius 1 is 1.09 bits per heavy atom. The Hall–Kier alpha value is -2.10. The zero-order valence-electron chi connectivity index (χ0n) is 19.1. The Kier molecular flexibility index (Phi) is 9.75. The molecule has 1 atom stereocenters. The van der Waals surface area contributed by atoms with Gasteiger partial charge in [0.25, 0.3) is 0 Å². The van der Waals surface area contributed by atoms with Gasteiger partial charge in [-0.1, -0.05) is 59.6 Å². The molecule has 0 bridgehead atoms. The number of sulfonamides is 1. The quantitative estimate of drug-likeness (QED) is 0.477. The molecule has 1 N–H and O–H groups in total. The predicted molar refractivity (Wildman–Crippen MR) is 136 cm³/mol. The van der Waals surface area contributed by atoms with E-state index in [1.54, 1.807) is 25.1 Å². The molecular formula is C23H29BrClN3O4S. The van der Waals surface area contributed by atoms with E-state index in [1.807, 2.05) is 38.1 Å². The summed E-state index contributed by atoms with van der Waals surface area (Å²) in [6.07, 6.45) is 1.03. The average molecular weight is 559 g/mol. The Morgan fingerprint density at radius 3 is 2.27 bits per heavy atom. The Morgan fingerprint density at radius 2 is 1.73 bits per heavy atom. The van der Waals surface area contributed by atoms with Crippen LogP contribution in [0.5, 0.6) is 0 Å². The Bertz CT molecular complexity index is 1080. The number of nitrogens with zero attached hydrogens (tertiary/aromatic N) is 2. The third-order valence-electron chi connectivity index (χ3n) is 4.89. The summed E-state index contributed by atoms with van der Waals surface area (Å²) in [4.78, 5) is 27.6. The van der Waals surface area contributed by atoms with Crippen LogP contribution in [0, 0.1) is 5.92 Å². The molecule has 0 aromatic heterocycles. The average Bonchev–Trinajstić information content (AvgIpc) is 2.73. The Labute approximate surface area is 209 Å². The molecule has 2 amide bonds. The highest BCUT2D eigenvalue weighted by Gasteiger charge is 2.30. The van der Waals surface area contributed by atoms with E-state index in [-0.39, 0.29) is 24.1 Å². The molecule has 0 heterocycles. The monoisotopic (exact) mass is 557 g/mol. The van der Waals surface area contributed by atoms with Crippen LogP contribution in [-0.2, 0) is 26.2 Å². The summed E-state index contributed by atoms with van der Waals surface area (Å²) in [5.41, 5.74) is 1.09. The van der Waals surface area contributed by atoms with Crippen molar-refractivity contribution in [3.05, 3.63) is 63.6 Å². The van der Waals surface area contributed by atoms with Crippen molar-refractivity contribution in [2.24, 2.45) is 5.92 Å². The molecule has 0 saturated carbocycles. The normalized spacial score (nSPS) is 12.3. The van der Waals surface area contributed by atoms with Crippen LogP contribution in [0.25, 0.3) is 0 Å². The van der Waals surface area contributed by atoms with Gasteiger partial charge in [0.1, 0.15) is 12.6 Å². The van der Waals surface area contributed by atoms with Crippen LogP contribution >= 0.6 is 27.5 Å². The van der Waals surface area contributed by atoms with Gasteiger partial charge in [-0.3, -0.25) is 13.9 Å². The number of halogens is 2. The van der Waals surface area contributed by atoms with Crippen LogP contribution in [-0.4, -0.2) is 50.5 Å². The smallest absolute Gasteiger partial charge is 0.244 e. The first-order valence-electron chi connectivity index (χ1n) is 10.4. The lowest BCUT2D eigenvalue weighted by Gasteiger charge is -2.31. The number of carbonyl (C=O) groups is 2. The summed E-state index contributed by atoms with van der Waals surface area (Å²) in [7, 11) is -3.79. The number of hydrogen-bond acceptors (Lipinski definition) is 4. The van der Waals surface area contributed by atoms with Gasteiger partial charge in [-0.05, 0) is 48.7 Å². The van der Waals surface area contributed by atoms with Gasteiger partial charge in [0, 0.05) is 22.6 Å². The highest BCUT2D eigenvalue weighted by atomic mass is 79.9. The van der Waals surface area contributed by atoms with E-state index in [0.29, 0.717) is 11.6 Å². The van der Waals surface area contributed by atoms with E-state index in [9.17, 15) is 18.0 Å². The molecule has 0 saturated heterocycles. The molecule has 0 aliphatic carbocycles. The van der Waals surface area contributed by atoms with E-state index in [1.165, 1.54) is 11.0 Å². The molecule has 0 radical (unpaired) electrons. The van der Waals surface area contributed by atoms with Crippen molar-refractivity contribution in [3.8, 4) is 0 Å². The van der Waals surface area contributed by atoms with Gasteiger partial charge in [0.15, 0.2) is 0 Å². The van der Waals surface area contributed by atoms with Crippen molar-refractivity contribution in [2.75, 3.05) is 23.7 Å². The second-order valence-corrected chi connectivity index (χ2v) is 11.5. The zero-order chi connectivity index (χ0) is 24.8. The SMILES string of the molecule is CC(C)CNC(=O)[C@@H](C)N(Cc1ccc(Br)cc1)C(=O)CN(c1cccc(Cl)c1)S(C)(=O)=O. The molecule has 0 unspecified atom stereocenters. The predicted octanol–water partition coefficient (Wildman–Crippen LogP) is 4.06. The number of nitrogens with one attached hydrogen (secondary N) is 1. The third-order valence-corrected chi connectivity index (χ3v) is 6.80. The summed E-state index contributed by atoms with van der Waals surface area (Å²) in [6.45, 7) is 5.75. The number of benzene rings is 2. The lowest BCUT2D eigenvalue weighted by atomic mass is 10.1. The van der Waals surface area contributed by atoms with Crippen molar-refractivity contribution in [1.29, 1.82) is 0 Å². The fraction of sp³-hybridized carbons (Fsp3) is 0.391. The van der Waals surface area contributed by atoms with Crippen molar-refractivity contribution in [3.63, 3.8) is 0 Å². The van der Waals surface area contributed by atoms with E-state index in [0.717, 1.165) is 20.6 Å². The van der Waals surface area contributed by atoms with Gasteiger partial charge in [-0.15, -0.1) is 0 Å². The molecule has 0 aliphatic rings. The molecule has 10 heteroatoms. The summed E-state index contributed by atoms with van der Waals surface area (Å²) < 4.78 is 26.9. The number of rotatable bonds is 10. The van der Waals surface area contributed by atoms with Gasteiger partial charge >= 0.3 is 0 Å². The van der Waals surface area contributed by atoms with Crippen LogP contribution in [0.4, 0.5) is 5.69 Å². The van der Waals surface area contributed by atoms with Gasteiger partial charge in [0.05, 0.1) is 11.9 Å². The molecule has 0 aliphatic heterocycles. The van der Waals surface area contributed by atoms with E-state index in [2.05, 4.69) is 21.2 Å². The number of carbonyl (C=O) groups excluding carboxylic acids is 2. The molecule has 2 aromatic carbocycles. The van der Waals surface area contributed by atoms with Gasteiger partial charge in [0.2, 0.25) is 21.8 Å². The van der Waals surface area contributed by atoms with Crippen LogP contribution in [0.2, 0.25) is 5.02 Å². The molecule has 7 nitrogen and oxygen atoms in total. The molecule has 2 rings (SSSR count). The fourth-order valence-corrected chi connectivity index (χ4v) is 4.36. The van der Waals surface area contributed by atoms with E-state index in [4.69, 9.17) is 11.6 Å². The van der Waals surface area contributed by atoms with Crippen LogP contribution in [0.1, 0.15) is 26.3 Å². The topological polar surface area (TPSA) is 86.8 Å². The Balaban J connectivity index is 2.35. The van der Waals surface area contributed by atoms with Crippen LogP contribution < -0.4 is 9.62 Å². The second kappa shape index (κ2) is 11.9. The summed E-state index contributed by atoms with van der Waals surface area (Å²) in [5.74, 6) is -0.557. The minimum Gasteiger partial charge on any atom is -0.354 e. The molecule has 33 heavy (non-hydrogen) atoms. The molecule has 180 valence electrons. The second-order valence-electron chi connectivity index (χ2n) is 8.21. The number of anilines is 1. The zero-order valence-corrected chi connectivity index (χ0v) is 22.2. The molecule has 0 fully saturated rings. The minimum atomic E-state index is -3.79. The van der Waals surface area contributed by atoms with E-state index >= 15 is 0 Å². The van der Waals surface area contributed by atoms with Crippen molar-refractivity contribution >= 4 is 55.1 Å². The van der Waals surface area contributed by atoms with Gasteiger partial charge < -0.3 is 10.2 Å². The first-order chi connectivity index (χ1) is 15.4. The minimum absolute atomic E-state index is 0.148.